The minimum atomic E-state index is -0.541. The van der Waals surface area contributed by atoms with Crippen LogP contribution in [-0.4, -0.2) is 35.5 Å². The fourth-order valence-electron chi connectivity index (χ4n) is 4.10. The number of carbonyl (C=O) groups is 4. The molecule has 0 fully saturated rings. The van der Waals surface area contributed by atoms with Crippen molar-refractivity contribution in [1.82, 2.24) is 5.32 Å². The molecule has 0 saturated heterocycles. The van der Waals surface area contributed by atoms with Gasteiger partial charge in [-0.05, 0) is 79.6 Å². The summed E-state index contributed by atoms with van der Waals surface area (Å²) < 4.78 is 10.6. The first-order valence-corrected chi connectivity index (χ1v) is 15.5. The zero-order chi connectivity index (χ0) is 32.0. The molecule has 9 nitrogen and oxygen atoms in total. The number of rotatable bonds is 14. The number of unbranched alkanes of at least 4 members (excludes halogenated alkanes) is 1. The van der Waals surface area contributed by atoms with Gasteiger partial charge in [-0.3, -0.25) is 14.4 Å². The lowest BCUT2D eigenvalue weighted by Crippen LogP contribution is -2.30. The van der Waals surface area contributed by atoms with Crippen molar-refractivity contribution in [2.24, 2.45) is 0 Å². The summed E-state index contributed by atoms with van der Waals surface area (Å²) in [4.78, 5) is 52.2. The van der Waals surface area contributed by atoms with Gasteiger partial charge in [0.1, 0.15) is 11.5 Å². The number of thioether (sulfide) groups is 1. The maximum absolute atomic E-state index is 13.3. The molecule has 10 heteroatoms. The van der Waals surface area contributed by atoms with Crippen molar-refractivity contribution in [3.8, 4) is 0 Å². The van der Waals surface area contributed by atoms with Gasteiger partial charge >= 0.3 is 5.97 Å². The summed E-state index contributed by atoms with van der Waals surface area (Å²) in [5.41, 5.74) is 1.88. The Labute approximate surface area is 266 Å². The van der Waals surface area contributed by atoms with E-state index in [-0.39, 0.29) is 11.6 Å². The molecule has 1 atom stereocenters. The van der Waals surface area contributed by atoms with Crippen molar-refractivity contribution in [2.45, 2.75) is 43.3 Å². The van der Waals surface area contributed by atoms with Crippen molar-refractivity contribution in [3.63, 3.8) is 0 Å². The van der Waals surface area contributed by atoms with Crippen molar-refractivity contribution in [1.29, 1.82) is 0 Å². The third-order valence-electron chi connectivity index (χ3n) is 6.51. The maximum Gasteiger partial charge on any atom is 0.338 e. The molecule has 3 N–H and O–H groups in total. The van der Waals surface area contributed by atoms with Crippen LogP contribution in [0.15, 0.2) is 112 Å². The van der Waals surface area contributed by atoms with Gasteiger partial charge in [0.15, 0.2) is 0 Å². The second kappa shape index (κ2) is 16.7. The largest absolute Gasteiger partial charge is 0.465 e. The molecule has 0 aliphatic carbocycles. The molecule has 0 saturated carbocycles. The highest BCUT2D eigenvalue weighted by molar-refractivity contribution is 8.00. The van der Waals surface area contributed by atoms with E-state index in [0.29, 0.717) is 41.3 Å². The summed E-state index contributed by atoms with van der Waals surface area (Å²) in [6.45, 7) is 4.32. The van der Waals surface area contributed by atoms with E-state index in [2.05, 4.69) is 16.0 Å². The van der Waals surface area contributed by atoms with E-state index in [1.54, 1.807) is 84.9 Å². The Bertz CT molecular complexity index is 1620. The lowest BCUT2D eigenvalue weighted by Gasteiger charge is -2.16. The minimum absolute atomic E-state index is 0.00270. The van der Waals surface area contributed by atoms with Crippen LogP contribution in [0.3, 0.4) is 0 Å². The molecular formula is C35H35N3O6S. The van der Waals surface area contributed by atoms with Crippen LogP contribution in [0.2, 0.25) is 0 Å². The topological polar surface area (TPSA) is 127 Å². The third-order valence-corrected chi connectivity index (χ3v) is 7.87. The molecule has 0 aliphatic rings. The Hall–Kier alpha value is -5.09. The van der Waals surface area contributed by atoms with Gasteiger partial charge in [0.05, 0.1) is 23.7 Å². The number of nitrogens with one attached hydrogen (secondary N) is 3. The standard InChI is InChI=1S/C35H35N3O6S/c1-3-5-20-44-35(42)25-16-18-26(19-17-25)36-34(41)31(4-2)45-29-15-9-13-27(22-29)37-33(40)30(23-28-14-10-21-43-28)38-32(39)24-11-7-6-8-12-24/h6-19,21-23,31H,3-5,20H2,1-2H3,(H,36,41)(H,37,40)(H,38,39)/b30-23-. The van der Waals surface area contributed by atoms with Crippen molar-refractivity contribution in [3.05, 3.63) is 120 Å². The van der Waals surface area contributed by atoms with E-state index in [9.17, 15) is 19.2 Å². The second-order valence-electron chi connectivity index (χ2n) is 9.95. The van der Waals surface area contributed by atoms with Crippen LogP contribution in [0.1, 0.15) is 59.6 Å². The number of hydrogen-bond acceptors (Lipinski definition) is 7. The summed E-state index contributed by atoms with van der Waals surface area (Å²) >= 11 is 1.36. The average molecular weight is 626 g/mol. The van der Waals surface area contributed by atoms with Crippen LogP contribution in [0, 0.1) is 0 Å². The molecule has 0 aliphatic heterocycles. The van der Waals surface area contributed by atoms with Gasteiger partial charge < -0.3 is 25.1 Å². The highest BCUT2D eigenvalue weighted by atomic mass is 32.2. The molecule has 1 heterocycles. The molecule has 4 rings (SSSR count). The van der Waals surface area contributed by atoms with Crippen LogP contribution in [0.25, 0.3) is 6.08 Å². The minimum Gasteiger partial charge on any atom is -0.465 e. The van der Waals surface area contributed by atoms with Crippen molar-refractivity contribution in [2.75, 3.05) is 17.2 Å². The lowest BCUT2D eigenvalue weighted by atomic mass is 10.2. The van der Waals surface area contributed by atoms with Crippen molar-refractivity contribution >= 4 is 52.9 Å². The summed E-state index contributed by atoms with van der Waals surface area (Å²) in [5, 5.41) is 7.99. The molecule has 4 aromatic rings. The van der Waals surface area contributed by atoms with Crippen LogP contribution < -0.4 is 16.0 Å². The van der Waals surface area contributed by atoms with E-state index in [1.165, 1.54) is 24.1 Å². The van der Waals surface area contributed by atoms with Gasteiger partial charge in [0.25, 0.3) is 11.8 Å². The summed E-state index contributed by atoms with van der Waals surface area (Å²) in [5.74, 6) is -1.16. The van der Waals surface area contributed by atoms with E-state index in [1.807, 2.05) is 19.9 Å². The number of ether oxygens (including phenoxy) is 1. The number of benzene rings is 3. The predicted octanol–water partition coefficient (Wildman–Crippen LogP) is 7.16. The first-order valence-electron chi connectivity index (χ1n) is 14.6. The fourth-order valence-corrected chi connectivity index (χ4v) is 5.11. The first-order chi connectivity index (χ1) is 21.9. The Morgan fingerprint density at radius 2 is 1.62 bits per heavy atom. The highest BCUT2D eigenvalue weighted by Crippen LogP contribution is 2.29. The van der Waals surface area contributed by atoms with Crippen LogP contribution in [-0.2, 0) is 14.3 Å². The predicted molar refractivity (Wildman–Crippen MR) is 176 cm³/mol. The smallest absolute Gasteiger partial charge is 0.338 e. The number of hydrogen-bond donors (Lipinski definition) is 3. The molecule has 3 amide bonds. The SMILES string of the molecule is CCCCOC(=O)c1ccc(NC(=O)C(CC)Sc2cccc(NC(=O)/C(=C/c3ccco3)NC(=O)c3ccccc3)c2)cc1. The zero-order valence-electron chi connectivity index (χ0n) is 25.1. The Kier molecular flexibility index (Phi) is 12.2. The van der Waals surface area contributed by atoms with E-state index >= 15 is 0 Å². The monoisotopic (exact) mass is 625 g/mol. The number of anilines is 2. The van der Waals surface area contributed by atoms with Crippen LogP contribution in [0.4, 0.5) is 11.4 Å². The number of esters is 1. The molecule has 1 aromatic heterocycles. The highest BCUT2D eigenvalue weighted by Gasteiger charge is 2.20. The Morgan fingerprint density at radius 1 is 0.844 bits per heavy atom. The maximum atomic E-state index is 13.3. The normalized spacial score (nSPS) is 11.7. The second-order valence-corrected chi connectivity index (χ2v) is 11.2. The number of amides is 3. The Morgan fingerprint density at radius 3 is 2.31 bits per heavy atom. The van der Waals surface area contributed by atoms with Gasteiger partial charge in [0.2, 0.25) is 5.91 Å². The molecular weight excluding hydrogens is 590 g/mol. The average Bonchev–Trinajstić information content (AvgIpc) is 3.57. The number of carbonyl (C=O) groups excluding carboxylic acids is 4. The summed E-state index contributed by atoms with van der Waals surface area (Å²) in [6.07, 6.45) is 5.22. The van der Waals surface area contributed by atoms with Crippen LogP contribution >= 0.6 is 11.8 Å². The molecule has 1 unspecified atom stereocenters. The summed E-state index contributed by atoms with van der Waals surface area (Å²) in [6, 6.07) is 25.6. The van der Waals surface area contributed by atoms with Gasteiger partial charge in [-0.25, -0.2) is 4.79 Å². The van der Waals surface area contributed by atoms with Gasteiger partial charge in [-0.2, -0.15) is 0 Å². The lowest BCUT2D eigenvalue weighted by molar-refractivity contribution is -0.116. The van der Waals surface area contributed by atoms with E-state index in [0.717, 1.165) is 17.7 Å². The summed E-state index contributed by atoms with van der Waals surface area (Å²) in [7, 11) is 0. The molecule has 45 heavy (non-hydrogen) atoms. The quantitative estimate of drug-likeness (QED) is 0.0588. The first kappa shape index (κ1) is 32.8. The van der Waals surface area contributed by atoms with Crippen molar-refractivity contribution < 1.29 is 28.3 Å². The van der Waals surface area contributed by atoms with Gasteiger partial charge in [0, 0.05) is 27.9 Å². The molecule has 3 aromatic carbocycles. The van der Waals surface area contributed by atoms with E-state index < -0.39 is 23.0 Å². The Balaban J connectivity index is 1.39. The fraction of sp³-hybridized carbons (Fsp3) is 0.200. The number of furan rings is 1. The molecule has 0 spiro atoms. The van der Waals surface area contributed by atoms with Crippen LogP contribution in [0.5, 0.6) is 0 Å². The third kappa shape index (κ3) is 9.97. The van der Waals surface area contributed by atoms with Gasteiger partial charge in [-0.15, -0.1) is 11.8 Å². The molecule has 232 valence electrons. The van der Waals surface area contributed by atoms with Gasteiger partial charge in [-0.1, -0.05) is 44.5 Å². The zero-order valence-corrected chi connectivity index (χ0v) is 25.9. The molecule has 0 radical (unpaired) electrons. The molecule has 0 bridgehead atoms. The van der Waals surface area contributed by atoms with E-state index in [4.69, 9.17) is 9.15 Å².